The van der Waals surface area contributed by atoms with Crippen LogP contribution in [0.4, 0.5) is 0 Å². The van der Waals surface area contributed by atoms with Gasteiger partial charge >= 0.3 is 0 Å². The minimum absolute atomic E-state index is 0.247. The lowest BCUT2D eigenvalue weighted by molar-refractivity contribution is -0.379. The van der Waals surface area contributed by atoms with Gasteiger partial charge in [-0.05, 0) is 57.8 Å². The van der Waals surface area contributed by atoms with Gasteiger partial charge in [0.15, 0.2) is 18.9 Å². The molecule has 602 valence electrons. The smallest absolute Gasteiger partial charge is 0.220 e. The predicted octanol–water partition coefficient (Wildman–Crippen LogP) is 14.6. The molecule has 3 aliphatic heterocycles. The summed E-state index contributed by atoms with van der Waals surface area (Å²) in [5.41, 5.74) is 0. The monoisotopic (exact) mass is 1460 g/mol. The number of aliphatic hydroxyl groups is 11. The lowest BCUT2D eigenvalue weighted by atomic mass is 9.96. The lowest BCUT2D eigenvalue weighted by Crippen LogP contribution is -2.66. The first-order chi connectivity index (χ1) is 50.3. The fraction of sp³-hybridized carbons (Fsp3) is 0.869. The zero-order chi connectivity index (χ0) is 74.6. The van der Waals surface area contributed by atoms with Gasteiger partial charge in [-0.25, -0.2) is 0 Å². The molecule has 17 atom stereocenters. The number of ether oxygens (including phenoxy) is 6. The fourth-order valence-corrected chi connectivity index (χ4v) is 14.2. The first-order valence-corrected chi connectivity index (χ1v) is 42.0. The van der Waals surface area contributed by atoms with Crippen LogP contribution in [0.3, 0.4) is 0 Å². The molecule has 3 saturated heterocycles. The molecular formula is C84H153NO18. The largest absolute Gasteiger partial charge is 0.394 e. The van der Waals surface area contributed by atoms with Crippen molar-refractivity contribution < 1.29 is 89.4 Å². The van der Waals surface area contributed by atoms with Gasteiger partial charge in [-0.15, -0.1) is 0 Å². The summed E-state index contributed by atoms with van der Waals surface area (Å²) in [5.74, 6) is -0.247. The summed E-state index contributed by atoms with van der Waals surface area (Å²) in [5, 5.41) is 121. The van der Waals surface area contributed by atoms with E-state index in [2.05, 4.69) is 79.9 Å². The third-order valence-electron chi connectivity index (χ3n) is 20.9. The van der Waals surface area contributed by atoms with E-state index in [0.29, 0.717) is 12.8 Å². The second-order valence-electron chi connectivity index (χ2n) is 29.9. The third-order valence-corrected chi connectivity index (χ3v) is 20.9. The van der Waals surface area contributed by atoms with Crippen molar-refractivity contribution in [3.8, 4) is 0 Å². The van der Waals surface area contributed by atoms with E-state index in [1.165, 1.54) is 212 Å². The van der Waals surface area contributed by atoms with E-state index < -0.39 is 124 Å². The van der Waals surface area contributed by atoms with Crippen LogP contribution in [0, 0.1) is 0 Å². The highest BCUT2D eigenvalue weighted by atomic mass is 16.8. The fourth-order valence-electron chi connectivity index (χ4n) is 14.2. The molecule has 0 saturated carbocycles. The molecule has 0 spiro atoms. The van der Waals surface area contributed by atoms with Crippen LogP contribution in [0.1, 0.15) is 335 Å². The molecular weight excluding hydrogens is 1310 g/mol. The van der Waals surface area contributed by atoms with Crippen molar-refractivity contribution in [2.24, 2.45) is 0 Å². The Kier molecular flexibility index (Phi) is 59.1. The molecule has 0 aromatic rings. The summed E-state index contributed by atoms with van der Waals surface area (Å²) in [6.07, 6.45) is 56.0. The maximum atomic E-state index is 13.5. The van der Waals surface area contributed by atoms with Crippen molar-refractivity contribution in [2.75, 3.05) is 26.4 Å². The molecule has 3 fully saturated rings. The topological polar surface area (TPSA) is 307 Å². The molecule has 0 bridgehead atoms. The molecule has 0 aromatic heterocycles. The number of allylic oxidation sites excluding steroid dienone is 10. The van der Waals surface area contributed by atoms with Gasteiger partial charge in [-0.1, -0.05) is 331 Å². The molecule has 17 unspecified atom stereocenters. The zero-order valence-corrected chi connectivity index (χ0v) is 64.5. The standard InChI is InChI=1S/C84H153NO18/c1-3-5-7-9-11-13-15-17-19-21-23-25-27-29-30-31-32-33-34-35-36-38-39-41-43-45-47-49-51-53-55-57-59-61-68(89)67(85-72(90)62-60-58-56-54-52-50-48-46-44-42-40-37-28-26-24-22-20-18-16-14-12-10-8-6-4-2)66-98-82-78(96)75(93)80(70(64-87)100-82)103-84-79(97)76(94)81(71(65-88)101-84)102-83-77(95)74(92)73(91)69(63-86)99-83/h6,8,12,14,18,20,24,26,37,40,67-71,73-84,86-89,91-97H,3-5,7,9-11,13,15-17,19,21-23,25,27-36,38-39,41-66H2,1-2H3,(H,85,90)/b8-6-,14-12-,20-18-,26-24-,40-37-. The molecule has 19 nitrogen and oxygen atoms in total. The Hall–Kier alpha value is -2.51. The average Bonchev–Trinajstić information content (AvgIpc) is 0.781. The highest BCUT2D eigenvalue weighted by Gasteiger charge is 2.54. The summed E-state index contributed by atoms with van der Waals surface area (Å²) < 4.78 is 34.5. The Labute approximate surface area is 624 Å². The second-order valence-corrected chi connectivity index (χ2v) is 29.9. The van der Waals surface area contributed by atoms with Gasteiger partial charge in [0.25, 0.3) is 0 Å². The van der Waals surface area contributed by atoms with E-state index in [4.69, 9.17) is 28.4 Å². The second kappa shape index (κ2) is 64.3. The van der Waals surface area contributed by atoms with Crippen LogP contribution in [0.15, 0.2) is 60.8 Å². The van der Waals surface area contributed by atoms with Gasteiger partial charge in [0.1, 0.15) is 73.2 Å². The highest BCUT2D eigenvalue weighted by Crippen LogP contribution is 2.33. The van der Waals surface area contributed by atoms with Crippen LogP contribution in [-0.2, 0) is 33.2 Å². The first-order valence-electron chi connectivity index (χ1n) is 42.0. The summed E-state index contributed by atoms with van der Waals surface area (Å²) in [7, 11) is 0. The summed E-state index contributed by atoms with van der Waals surface area (Å²) >= 11 is 0. The number of rotatable bonds is 67. The van der Waals surface area contributed by atoms with E-state index >= 15 is 0 Å². The highest BCUT2D eigenvalue weighted by molar-refractivity contribution is 5.76. The van der Waals surface area contributed by atoms with Gasteiger partial charge in [0.2, 0.25) is 5.91 Å². The lowest BCUT2D eigenvalue weighted by Gasteiger charge is -2.48. The number of unbranched alkanes of at least 4 members (excludes halogenated alkanes) is 41. The van der Waals surface area contributed by atoms with Crippen molar-refractivity contribution in [1.29, 1.82) is 0 Å². The average molecular weight is 1470 g/mol. The van der Waals surface area contributed by atoms with E-state index in [-0.39, 0.29) is 18.9 Å². The summed E-state index contributed by atoms with van der Waals surface area (Å²) in [6, 6.07) is -0.896. The van der Waals surface area contributed by atoms with E-state index in [1.54, 1.807) is 0 Å². The number of aliphatic hydroxyl groups excluding tert-OH is 11. The zero-order valence-electron chi connectivity index (χ0n) is 64.5. The molecule has 0 aromatic carbocycles. The molecule has 3 rings (SSSR count). The summed E-state index contributed by atoms with van der Waals surface area (Å²) in [4.78, 5) is 13.5. The number of nitrogens with one attached hydrogen (secondary N) is 1. The van der Waals surface area contributed by atoms with Crippen molar-refractivity contribution in [3.63, 3.8) is 0 Å². The Balaban J connectivity index is 1.35. The maximum Gasteiger partial charge on any atom is 0.220 e. The van der Waals surface area contributed by atoms with Crippen LogP contribution in [0.5, 0.6) is 0 Å². The molecule has 19 heteroatoms. The molecule has 0 radical (unpaired) electrons. The summed E-state index contributed by atoms with van der Waals surface area (Å²) in [6.45, 7) is 1.73. The predicted molar refractivity (Wildman–Crippen MR) is 411 cm³/mol. The number of hydrogen-bond acceptors (Lipinski definition) is 18. The first kappa shape index (κ1) is 94.7. The third kappa shape index (κ3) is 44.1. The van der Waals surface area contributed by atoms with Gasteiger partial charge in [0, 0.05) is 6.42 Å². The number of carbonyl (C=O) groups is 1. The number of amides is 1. The Morgan fingerprint density at radius 1 is 0.359 bits per heavy atom. The molecule has 3 heterocycles. The Bertz CT molecular complexity index is 2090. The Morgan fingerprint density at radius 2 is 0.670 bits per heavy atom. The van der Waals surface area contributed by atoms with Crippen LogP contribution in [0.2, 0.25) is 0 Å². The molecule has 103 heavy (non-hydrogen) atoms. The maximum absolute atomic E-state index is 13.5. The van der Waals surface area contributed by atoms with Crippen LogP contribution < -0.4 is 5.32 Å². The van der Waals surface area contributed by atoms with Crippen LogP contribution in [0.25, 0.3) is 0 Å². The minimum Gasteiger partial charge on any atom is -0.394 e. The van der Waals surface area contributed by atoms with Crippen molar-refractivity contribution in [3.05, 3.63) is 60.8 Å². The van der Waals surface area contributed by atoms with E-state index in [0.717, 1.165) is 89.9 Å². The van der Waals surface area contributed by atoms with Gasteiger partial charge in [-0.3, -0.25) is 4.79 Å². The quantitative estimate of drug-likeness (QED) is 0.0199. The SMILES string of the molecule is CC/C=C\C/C=C\C/C=C\C/C=C\C/C=C\CCCCCCCCCCCC(=O)NC(COC1OC(CO)C(OC2OC(CO)C(OC3OC(CO)C(O)C(O)C3O)C(O)C2O)C(O)C1O)C(O)CCCCCCCCCCCCCCCCCCCCCCCCCCCCCCCCCCC. The number of hydrogen-bond donors (Lipinski definition) is 12. The van der Waals surface area contributed by atoms with Gasteiger partial charge in [-0.2, -0.15) is 0 Å². The van der Waals surface area contributed by atoms with Gasteiger partial charge < -0.3 is 89.9 Å². The van der Waals surface area contributed by atoms with Crippen LogP contribution >= 0.6 is 0 Å². The van der Waals surface area contributed by atoms with Crippen molar-refractivity contribution in [2.45, 2.75) is 439 Å². The van der Waals surface area contributed by atoms with Crippen molar-refractivity contribution >= 4 is 5.91 Å². The van der Waals surface area contributed by atoms with Crippen molar-refractivity contribution in [1.82, 2.24) is 5.32 Å². The Morgan fingerprint density at radius 3 is 1.05 bits per heavy atom. The minimum atomic E-state index is -1.98. The van der Waals surface area contributed by atoms with E-state index in [9.17, 15) is 61.0 Å². The number of carbonyl (C=O) groups excluding carboxylic acids is 1. The molecule has 1 amide bonds. The normalized spacial score (nSPS) is 26.3. The molecule has 3 aliphatic rings. The molecule has 0 aliphatic carbocycles. The van der Waals surface area contributed by atoms with E-state index in [1.807, 2.05) is 0 Å². The molecule has 12 N–H and O–H groups in total. The van der Waals surface area contributed by atoms with Gasteiger partial charge in [0.05, 0.1) is 38.6 Å². The van der Waals surface area contributed by atoms with Crippen LogP contribution in [-0.4, -0.2) is 193 Å².